The monoisotopic (exact) mass is 390 g/mol. The van der Waals surface area contributed by atoms with Crippen LogP contribution >= 0.6 is 0 Å². The normalized spacial score (nSPS) is 21.0. The van der Waals surface area contributed by atoms with Crippen molar-refractivity contribution in [2.24, 2.45) is 0 Å². The van der Waals surface area contributed by atoms with Crippen LogP contribution < -0.4 is 4.90 Å². The largest absolute Gasteiger partial charge is 0.416 e. The molecular formula is C21H25F3N4. The molecule has 0 amide bonds. The quantitative estimate of drug-likeness (QED) is 0.768. The maximum absolute atomic E-state index is 12.8. The number of anilines is 1. The van der Waals surface area contributed by atoms with Crippen LogP contribution in [0.4, 0.5) is 19.0 Å². The molecule has 0 N–H and O–H groups in total. The van der Waals surface area contributed by atoms with Gasteiger partial charge in [-0.05, 0) is 70.0 Å². The zero-order valence-electron chi connectivity index (χ0n) is 16.2. The number of aryl methyl sites for hydroxylation is 1. The van der Waals surface area contributed by atoms with E-state index in [9.17, 15) is 13.2 Å². The lowest BCUT2D eigenvalue weighted by molar-refractivity contribution is -0.137. The fourth-order valence-electron chi connectivity index (χ4n) is 4.09. The molecule has 2 aromatic rings. The van der Waals surface area contributed by atoms with Gasteiger partial charge >= 0.3 is 6.18 Å². The number of alkyl halides is 3. The SMILES string of the molecule is Cc1cc(N(C2CC2)[C@@H]2CCCN(C)C2)nnc1-c1ccc(C(F)(F)F)cc1. The van der Waals surface area contributed by atoms with Crippen LogP contribution in [0.15, 0.2) is 30.3 Å². The summed E-state index contributed by atoms with van der Waals surface area (Å²) in [5.74, 6) is 0.885. The smallest absolute Gasteiger partial charge is 0.348 e. The van der Waals surface area contributed by atoms with Crippen molar-refractivity contribution < 1.29 is 13.2 Å². The van der Waals surface area contributed by atoms with E-state index >= 15 is 0 Å². The molecule has 0 spiro atoms. The van der Waals surface area contributed by atoms with Crippen molar-refractivity contribution in [2.45, 2.75) is 50.9 Å². The van der Waals surface area contributed by atoms with Gasteiger partial charge in [0.15, 0.2) is 5.82 Å². The molecule has 1 aromatic heterocycles. The molecule has 7 heteroatoms. The van der Waals surface area contributed by atoms with Crippen molar-refractivity contribution in [3.8, 4) is 11.3 Å². The molecule has 150 valence electrons. The summed E-state index contributed by atoms with van der Waals surface area (Å²) in [5, 5.41) is 8.88. The Kier molecular flexibility index (Phi) is 5.04. The van der Waals surface area contributed by atoms with Crippen LogP contribution in [0.5, 0.6) is 0 Å². The number of hydrogen-bond acceptors (Lipinski definition) is 4. The van der Waals surface area contributed by atoms with E-state index in [-0.39, 0.29) is 0 Å². The van der Waals surface area contributed by atoms with E-state index in [0.29, 0.717) is 23.3 Å². The van der Waals surface area contributed by atoms with Crippen molar-refractivity contribution in [2.75, 3.05) is 25.0 Å². The molecule has 4 nitrogen and oxygen atoms in total. The van der Waals surface area contributed by atoms with Gasteiger partial charge < -0.3 is 9.80 Å². The Morgan fingerprint density at radius 3 is 2.32 bits per heavy atom. The van der Waals surface area contributed by atoms with Crippen LogP contribution in [0, 0.1) is 6.92 Å². The maximum atomic E-state index is 12.8. The minimum atomic E-state index is -4.33. The summed E-state index contributed by atoms with van der Waals surface area (Å²) in [6, 6.07) is 8.13. The van der Waals surface area contributed by atoms with E-state index in [4.69, 9.17) is 0 Å². The Hall–Kier alpha value is -2.15. The van der Waals surface area contributed by atoms with E-state index < -0.39 is 11.7 Å². The third-order valence-electron chi connectivity index (χ3n) is 5.66. The highest BCUT2D eigenvalue weighted by atomic mass is 19.4. The molecule has 2 aliphatic rings. The van der Waals surface area contributed by atoms with E-state index in [0.717, 1.165) is 43.0 Å². The molecule has 1 saturated carbocycles. The molecule has 0 radical (unpaired) electrons. The molecule has 1 aliphatic carbocycles. The van der Waals surface area contributed by atoms with Crippen molar-refractivity contribution in [1.82, 2.24) is 15.1 Å². The highest BCUT2D eigenvalue weighted by Gasteiger charge is 2.36. The van der Waals surface area contributed by atoms with Crippen LogP contribution in [0.25, 0.3) is 11.3 Å². The van der Waals surface area contributed by atoms with E-state index in [1.54, 1.807) is 0 Å². The first-order valence-corrected chi connectivity index (χ1v) is 9.82. The molecule has 2 fully saturated rings. The molecule has 1 aliphatic heterocycles. The predicted molar refractivity (Wildman–Crippen MR) is 103 cm³/mol. The Bertz CT molecular complexity index is 831. The third kappa shape index (κ3) is 3.99. The summed E-state index contributed by atoms with van der Waals surface area (Å²) in [5.41, 5.74) is 1.56. The van der Waals surface area contributed by atoms with Gasteiger partial charge in [0.25, 0.3) is 0 Å². The predicted octanol–water partition coefficient (Wildman–Crippen LogP) is 4.53. The first-order valence-electron chi connectivity index (χ1n) is 9.82. The van der Waals surface area contributed by atoms with Gasteiger partial charge in [-0.25, -0.2) is 0 Å². The average molecular weight is 390 g/mol. The molecule has 0 bridgehead atoms. The minimum Gasteiger partial charge on any atom is -0.348 e. The van der Waals surface area contributed by atoms with Crippen LogP contribution in [-0.4, -0.2) is 47.3 Å². The van der Waals surface area contributed by atoms with E-state index in [1.807, 2.05) is 13.0 Å². The van der Waals surface area contributed by atoms with E-state index in [1.165, 1.54) is 31.4 Å². The Morgan fingerprint density at radius 1 is 1.04 bits per heavy atom. The van der Waals surface area contributed by atoms with Gasteiger partial charge in [0.05, 0.1) is 11.3 Å². The number of hydrogen-bond donors (Lipinski definition) is 0. The standard InChI is InChI=1S/C21H25F3N4/c1-14-12-19(28(17-9-10-17)18-4-3-11-27(2)13-18)25-26-20(14)15-5-7-16(8-6-15)21(22,23)24/h5-8,12,17-18H,3-4,9-11,13H2,1-2H3/t18-/m1/s1. The van der Waals surface area contributed by atoms with Crippen LogP contribution in [0.3, 0.4) is 0 Å². The number of piperidine rings is 1. The number of aromatic nitrogens is 2. The fourth-order valence-corrected chi connectivity index (χ4v) is 4.09. The summed E-state index contributed by atoms with van der Waals surface area (Å²) in [4.78, 5) is 4.78. The second kappa shape index (κ2) is 7.35. The second-order valence-electron chi connectivity index (χ2n) is 8.01. The minimum absolute atomic E-state index is 0.442. The van der Waals surface area contributed by atoms with E-state index in [2.05, 4.69) is 27.0 Å². The molecular weight excluding hydrogens is 365 g/mol. The lowest BCUT2D eigenvalue weighted by atomic mass is 10.0. The molecule has 4 rings (SSSR count). The van der Waals surface area contributed by atoms with Crippen molar-refractivity contribution >= 4 is 5.82 Å². The van der Waals surface area contributed by atoms with Gasteiger partial charge in [-0.15, -0.1) is 10.2 Å². The van der Waals surface area contributed by atoms with Crippen molar-refractivity contribution in [3.05, 3.63) is 41.5 Å². The van der Waals surface area contributed by atoms with Crippen LogP contribution in [-0.2, 0) is 6.18 Å². The zero-order chi connectivity index (χ0) is 19.9. The molecule has 1 aromatic carbocycles. The number of likely N-dealkylation sites (tertiary alicyclic amines) is 1. The number of halogens is 3. The lowest BCUT2D eigenvalue weighted by Crippen LogP contribution is -2.48. The first-order chi connectivity index (χ1) is 13.3. The van der Waals surface area contributed by atoms with Gasteiger partial charge in [0.2, 0.25) is 0 Å². The summed E-state index contributed by atoms with van der Waals surface area (Å²) in [7, 11) is 2.15. The molecule has 0 unspecified atom stereocenters. The van der Waals surface area contributed by atoms with Gasteiger partial charge in [0.1, 0.15) is 0 Å². The van der Waals surface area contributed by atoms with Crippen LogP contribution in [0.1, 0.15) is 36.8 Å². The Morgan fingerprint density at radius 2 is 1.75 bits per heavy atom. The maximum Gasteiger partial charge on any atom is 0.416 e. The summed E-state index contributed by atoms with van der Waals surface area (Å²) < 4.78 is 38.4. The number of nitrogens with zero attached hydrogens (tertiary/aromatic N) is 4. The highest BCUT2D eigenvalue weighted by Crippen LogP contribution is 2.36. The molecule has 2 heterocycles. The Balaban J connectivity index is 1.60. The van der Waals surface area contributed by atoms with Gasteiger partial charge in [-0.2, -0.15) is 13.2 Å². The molecule has 1 saturated heterocycles. The van der Waals surface area contributed by atoms with Crippen LogP contribution in [0.2, 0.25) is 0 Å². The zero-order valence-corrected chi connectivity index (χ0v) is 16.2. The summed E-state index contributed by atoms with van der Waals surface area (Å²) >= 11 is 0. The van der Waals surface area contributed by atoms with Gasteiger partial charge in [0, 0.05) is 24.2 Å². The topological polar surface area (TPSA) is 32.3 Å². The van der Waals surface area contributed by atoms with Gasteiger partial charge in [-0.1, -0.05) is 12.1 Å². The molecule has 1 atom stereocenters. The Labute approximate surface area is 163 Å². The summed E-state index contributed by atoms with van der Waals surface area (Å²) in [6.45, 7) is 4.10. The summed E-state index contributed by atoms with van der Waals surface area (Å²) in [6.07, 6.45) is 0.368. The highest BCUT2D eigenvalue weighted by molar-refractivity contribution is 5.64. The van der Waals surface area contributed by atoms with Crippen molar-refractivity contribution in [3.63, 3.8) is 0 Å². The first kappa shape index (κ1) is 19.2. The average Bonchev–Trinajstić information content (AvgIpc) is 3.47. The second-order valence-corrected chi connectivity index (χ2v) is 8.01. The number of rotatable bonds is 4. The number of benzene rings is 1. The lowest BCUT2D eigenvalue weighted by Gasteiger charge is -2.39. The van der Waals surface area contributed by atoms with Crippen molar-refractivity contribution in [1.29, 1.82) is 0 Å². The number of likely N-dealkylation sites (N-methyl/N-ethyl adjacent to an activating group) is 1. The fraction of sp³-hybridized carbons (Fsp3) is 0.524. The molecule has 28 heavy (non-hydrogen) atoms. The van der Waals surface area contributed by atoms with Gasteiger partial charge in [-0.3, -0.25) is 0 Å². The third-order valence-corrected chi connectivity index (χ3v) is 5.66.